The number of hydrogen-bond acceptors (Lipinski definition) is 2. The first-order chi connectivity index (χ1) is 7.72. The van der Waals surface area contributed by atoms with Crippen molar-refractivity contribution in [1.29, 1.82) is 0 Å². The number of carbonyl (C=O) groups is 1. The summed E-state index contributed by atoms with van der Waals surface area (Å²) in [6.07, 6.45) is 0.598. The van der Waals surface area contributed by atoms with Crippen molar-refractivity contribution in [1.82, 2.24) is 4.98 Å². The lowest BCUT2D eigenvalue weighted by molar-refractivity contribution is 0.111. The molecule has 2 aromatic rings. The van der Waals surface area contributed by atoms with Crippen LogP contribution >= 0.6 is 11.6 Å². The summed E-state index contributed by atoms with van der Waals surface area (Å²) in [6, 6.07) is 9.17. The first kappa shape index (κ1) is 10.8. The Balaban J connectivity index is 2.63. The van der Waals surface area contributed by atoms with Gasteiger partial charge in [-0.3, -0.25) is 4.79 Å². The van der Waals surface area contributed by atoms with Gasteiger partial charge in [-0.25, -0.2) is 9.37 Å². The van der Waals surface area contributed by atoms with Crippen LogP contribution in [0.15, 0.2) is 36.4 Å². The Kier molecular flexibility index (Phi) is 2.97. The molecule has 1 aromatic heterocycles. The third-order valence-electron chi connectivity index (χ3n) is 2.12. The molecule has 1 aromatic carbocycles. The van der Waals surface area contributed by atoms with Gasteiger partial charge in [0.25, 0.3) is 0 Å². The Morgan fingerprint density at radius 1 is 1.19 bits per heavy atom. The van der Waals surface area contributed by atoms with Gasteiger partial charge >= 0.3 is 0 Å². The van der Waals surface area contributed by atoms with Gasteiger partial charge in [0.15, 0.2) is 6.29 Å². The highest BCUT2D eigenvalue weighted by molar-refractivity contribution is 6.33. The molecule has 0 bridgehead atoms. The minimum atomic E-state index is -0.417. The zero-order valence-electron chi connectivity index (χ0n) is 8.15. The number of aromatic nitrogens is 1. The zero-order valence-corrected chi connectivity index (χ0v) is 8.91. The third kappa shape index (κ3) is 1.95. The second kappa shape index (κ2) is 4.41. The van der Waals surface area contributed by atoms with Gasteiger partial charge in [0.05, 0.1) is 10.7 Å². The van der Waals surface area contributed by atoms with Gasteiger partial charge in [0, 0.05) is 5.56 Å². The molecule has 0 aliphatic carbocycles. The molecule has 0 saturated heterocycles. The Hall–Kier alpha value is -1.74. The lowest BCUT2D eigenvalue weighted by Gasteiger charge is -2.05. The standard InChI is InChI=1S/C12H7ClFNO/c13-10-6-5-8(7-16)15-12(10)9-3-1-2-4-11(9)14/h1-7H. The number of rotatable bonds is 2. The normalized spacial score (nSPS) is 10.1. The van der Waals surface area contributed by atoms with Crippen LogP contribution in [0.3, 0.4) is 0 Å². The van der Waals surface area contributed by atoms with E-state index in [4.69, 9.17) is 11.6 Å². The van der Waals surface area contributed by atoms with Crippen LogP contribution in [0.1, 0.15) is 10.5 Å². The predicted molar refractivity (Wildman–Crippen MR) is 60.0 cm³/mol. The Morgan fingerprint density at radius 3 is 2.62 bits per heavy atom. The molecule has 4 heteroatoms. The fraction of sp³-hybridized carbons (Fsp3) is 0. The predicted octanol–water partition coefficient (Wildman–Crippen LogP) is 3.35. The molecular formula is C12H7ClFNO. The fourth-order valence-electron chi connectivity index (χ4n) is 1.37. The number of nitrogens with zero attached hydrogens (tertiary/aromatic N) is 1. The summed E-state index contributed by atoms with van der Waals surface area (Å²) in [5, 5.41) is 0.315. The van der Waals surface area contributed by atoms with E-state index in [1.165, 1.54) is 18.2 Å². The van der Waals surface area contributed by atoms with E-state index >= 15 is 0 Å². The molecule has 0 aliphatic rings. The van der Waals surface area contributed by atoms with Crippen LogP contribution in [0.5, 0.6) is 0 Å². The van der Waals surface area contributed by atoms with E-state index in [0.29, 0.717) is 11.3 Å². The molecule has 0 radical (unpaired) electrons. The van der Waals surface area contributed by atoms with Gasteiger partial charge in [-0.15, -0.1) is 0 Å². The molecule has 80 valence electrons. The minimum absolute atomic E-state index is 0.225. The molecule has 0 N–H and O–H groups in total. The zero-order chi connectivity index (χ0) is 11.5. The third-order valence-corrected chi connectivity index (χ3v) is 2.42. The summed E-state index contributed by atoms with van der Waals surface area (Å²) in [5.41, 5.74) is 0.795. The molecule has 2 nitrogen and oxygen atoms in total. The van der Waals surface area contributed by atoms with E-state index in [1.807, 2.05) is 0 Å². The van der Waals surface area contributed by atoms with Gasteiger partial charge < -0.3 is 0 Å². The quantitative estimate of drug-likeness (QED) is 0.747. The maximum atomic E-state index is 13.5. The topological polar surface area (TPSA) is 30.0 Å². The Bertz CT molecular complexity index is 542. The van der Waals surface area contributed by atoms with Crippen molar-refractivity contribution < 1.29 is 9.18 Å². The van der Waals surface area contributed by atoms with Crippen molar-refractivity contribution in [2.75, 3.05) is 0 Å². The smallest absolute Gasteiger partial charge is 0.168 e. The molecule has 0 amide bonds. The molecule has 16 heavy (non-hydrogen) atoms. The monoisotopic (exact) mass is 235 g/mol. The summed E-state index contributed by atoms with van der Waals surface area (Å²) >= 11 is 5.91. The summed E-state index contributed by atoms with van der Waals surface area (Å²) < 4.78 is 13.5. The van der Waals surface area contributed by atoms with E-state index in [1.54, 1.807) is 18.2 Å². The summed E-state index contributed by atoms with van der Waals surface area (Å²) in [7, 11) is 0. The van der Waals surface area contributed by atoms with E-state index in [2.05, 4.69) is 4.98 Å². The van der Waals surface area contributed by atoms with Crippen LogP contribution in [-0.4, -0.2) is 11.3 Å². The molecular weight excluding hydrogens is 229 g/mol. The first-order valence-corrected chi connectivity index (χ1v) is 4.97. The van der Waals surface area contributed by atoms with Gasteiger partial charge in [0.2, 0.25) is 0 Å². The number of aldehydes is 1. The van der Waals surface area contributed by atoms with Crippen LogP contribution in [0.25, 0.3) is 11.3 Å². The van der Waals surface area contributed by atoms with Crippen molar-refractivity contribution in [3.63, 3.8) is 0 Å². The van der Waals surface area contributed by atoms with Crippen LogP contribution in [0.2, 0.25) is 5.02 Å². The summed E-state index contributed by atoms with van der Waals surface area (Å²) in [4.78, 5) is 14.6. The number of carbonyl (C=O) groups excluding carboxylic acids is 1. The SMILES string of the molecule is O=Cc1ccc(Cl)c(-c2ccccc2F)n1. The van der Waals surface area contributed by atoms with Crippen molar-refractivity contribution in [3.8, 4) is 11.3 Å². The van der Waals surface area contributed by atoms with Gasteiger partial charge in [-0.1, -0.05) is 23.7 Å². The average molecular weight is 236 g/mol. The largest absolute Gasteiger partial charge is 0.296 e. The van der Waals surface area contributed by atoms with Crippen molar-refractivity contribution in [2.24, 2.45) is 0 Å². The molecule has 0 atom stereocenters. The lowest BCUT2D eigenvalue weighted by Crippen LogP contribution is -1.93. The second-order valence-electron chi connectivity index (χ2n) is 3.16. The van der Waals surface area contributed by atoms with E-state index < -0.39 is 5.82 Å². The number of hydrogen-bond donors (Lipinski definition) is 0. The fourth-order valence-corrected chi connectivity index (χ4v) is 1.57. The van der Waals surface area contributed by atoms with Gasteiger partial charge in [-0.05, 0) is 24.3 Å². The molecule has 2 rings (SSSR count). The average Bonchev–Trinajstić information content (AvgIpc) is 2.31. The van der Waals surface area contributed by atoms with Crippen LogP contribution < -0.4 is 0 Å². The minimum Gasteiger partial charge on any atom is -0.296 e. The molecule has 1 heterocycles. The van der Waals surface area contributed by atoms with Crippen molar-refractivity contribution >= 4 is 17.9 Å². The van der Waals surface area contributed by atoms with E-state index in [9.17, 15) is 9.18 Å². The highest BCUT2D eigenvalue weighted by Gasteiger charge is 2.10. The maximum Gasteiger partial charge on any atom is 0.168 e. The molecule has 0 aliphatic heterocycles. The first-order valence-electron chi connectivity index (χ1n) is 4.59. The Labute approximate surface area is 96.7 Å². The molecule has 0 spiro atoms. The second-order valence-corrected chi connectivity index (χ2v) is 3.57. The van der Waals surface area contributed by atoms with E-state index in [0.717, 1.165) is 0 Å². The summed E-state index contributed by atoms with van der Waals surface area (Å²) in [6.45, 7) is 0. The Morgan fingerprint density at radius 2 is 1.94 bits per heavy atom. The summed E-state index contributed by atoms with van der Waals surface area (Å²) in [5.74, 6) is -0.417. The number of pyridine rings is 1. The number of halogens is 2. The highest BCUT2D eigenvalue weighted by atomic mass is 35.5. The lowest BCUT2D eigenvalue weighted by atomic mass is 10.1. The molecule has 0 fully saturated rings. The molecule has 0 saturated carbocycles. The van der Waals surface area contributed by atoms with Crippen LogP contribution in [0.4, 0.5) is 4.39 Å². The number of benzene rings is 1. The molecule has 0 unspecified atom stereocenters. The van der Waals surface area contributed by atoms with E-state index in [-0.39, 0.29) is 17.0 Å². The van der Waals surface area contributed by atoms with Crippen molar-refractivity contribution in [2.45, 2.75) is 0 Å². The van der Waals surface area contributed by atoms with Crippen molar-refractivity contribution in [3.05, 3.63) is 52.9 Å². The van der Waals surface area contributed by atoms with Crippen LogP contribution in [-0.2, 0) is 0 Å². The van der Waals surface area contributed by atoms with Crippen LogP contribution in [0, 0.1) is 5.82 Å². The highest BCUT2D eigenvalue weighted by Crippen LogP contribution is 2.27. The van der Waals surface area contributed by atoms with Gasteiger partial charge in [0.1, 0.15) is 11.5 Å². The maximum absolute atomic E-state index is 13.5. The van der Waals surface area contributed by atoms with Gasteiger partial charge in [-0.2, -0.15) is 0 Å².